The number of pyridine rings is 1. The predicted molar refractivity (Wildman–Crippen MR) is 88.1 cm³/mol. The molecule has 3 aromatic rings. The van der Waals surface area contributed by atoms with Gasteiger partial charge in [0.15, 0.2) is 5.65 Å². The highest BCUT2D eigenvalue weighted by molar-refractivity contribution is 6.35. The first-order valence-electron chi connectivity index (χ1n) is 8.06. The second kappa shape index (κ2) is 4.74. The Kier molecular flexibility index (Phi) is 2.65. The Morgan fingerprint density at radius 3 is 2.38 bits per heavy atom. The number of nitrogens with one attached hydrogen (secondary N) is 1. The van der Waals surface area contributed by atoms with Crippen LogP contribution in [0.1, 0.15) is 51.7 Å². The molecule has 0 radical (unpaired) electrons. The minimum atomic E-state index is -0.309. The number of nitrogens with zero attached hydrogens (tertiary/aromatic N) is 3. The highest BCUT2D eigenvalue weighted by atomic mass is 16.2. The molecule has 0 saturated heterocycles. The average molecular weight is 318 g/mol. The summed E-state index contributed by atoms with van der Waals surface area (Å²) in [6.45, 7) is 0. The lowest BCUT2D eigenvalue weighted by Gasteiger charge is -2.22. The van der Waals surface area contributed by atoms with E-state index >= 15 is 0 Å². The third-order valence-electron chi connectivity index (χ3n) is 4.91. The first-order valence-corrected chi connectivity index (χ1v) is 8.06. The van der Waals surface area contributed by atoms with E-state index in [9.17, 15) is 9.59 Å². The standard InChI is InChI=1S/C18H14N4O2/c23-17-11-6-1-2-7-12(11)18(24)22(17)13-8-9-19-16-14(13)20-15(21-16)10-4-3-5-10/h1-2,6-10H,3-5H2,(H,19,20,21). The van der Waals surface area contributed by atoms with Gasteiger partial charge in [0.25, 0.3) is 11.8 Å². The van der Waals surface area contributed by atoms with Crippen molar-refractivity contribution in [1.82, 2.24) is 15.0 Å². The number of benzene rings is 1. The zero-order chi connectivity index (χ0) is 16.3. The van der Waals surface area contributed by atoms with Crippen molar-refractivity contribution in [2.24, 2.45) is 0 Å². The molecule has 2 aromatic heterocycles. The van der Waals surface area contributed by atoms with Gasteiger partial charge in [0.1, 0.15) is 11.3 Å². The number of hydrogen-bond acceptors (Lipinski definition) is 4. The van der Waals surface area contributed by atoms with Gasteiger partial charge in [-0.25, -0.2) is 14.9 Å². The van der Waals surface area contributed by atoms with Crippen molar-refractivity contribution in [3.8, 4) is 0 Å². The highest BCUT2D eigenvalue weighted by Crippen LogP contribution is 2.37. The van der Waals surface area contributed by atoms with Crippen molar-refractivity contribution in [3.63, 3.8) is 0 Å². The molecule has 6 heteroatoms. The molecule has 3 heterocycles. The molecule has 1 aromatic carbocycles. The number of rotatable bonds is 2. The summed E-state index contributed by atoms with van der Waals surface area (Å²) in [5.41, 5.74) is 2.55. The predicted octanol–water partition coefficient (Wildman–Crippen LogP) is 3.03. The molecule has 5 rings (SSSR count). The van der Waals surface area contributed by atoms with E-state index in [1.165, 1.54) is 11.3 Å². The minimum Gasteiger partial charge on any atom is -0.326 e. The van der Waals surface area contributed by atoms with Crippen LogP contribution in [0.25, 0.3) is 11.2 Å². The number of amides is 2. The molecule has 1 saturated carbocycles. The lowest BCUT2D eigenvalue weighted by Crippen LogP contribution is -2.29. The molecular weight excluding hydrogens is 304 g/mol. The van der Waals surface area contributed by atoms with Crippen LogP contribution in [-0.4, -0.2) is 26.8 Å². The fraction of sp³-hybridized carbons (Fsp3) is 0.222. The zero-order valence-electron chi connectivity index (χ0n) is 12.8. The minimum absolute atomic E-state index is 0.309. The van der Waals surface area contributed by atoms with E-state index in [1.54, 1.807) is 36.5 Å². The van der Waals surface area contributed by atoms with Gasteiger partial charge in [0.05, 0.1) is 16.8 Å². The zero-order valence-corrected chi connectivity index (χ0v) is 12.8. The molecule has 0 atom stereocenters. The summed E-state index contributed by atoms with van der Waals surface area (Å²) in [4.78, 5) is 38.8. The lowest BCUT2D eigenvalue weighted by atomic mass is 9.85. The van der Waals surface area contributed by atoms with Crippen LogP contribution < -0.4 is 4.90 Å². The Morgan fingerprint density at radius 2 is 1.75 bits per heavy atom. The van der Waals surface area contributed by atoms with Crippen molar-refractivity contribution >= 4 is 28.7 Å². The molecule has 1 aliphatic carbocycles. The summed E-state index contributed by atoms with van der Waals surface area (Å²) in [6, 6.07) is 8.56. The van der Waals surface area contributed by atoms with Gasteiger partial charge in [-0.2, -0.15) is 0 Å². The van der Waals surface area contributed by atoms with Crippen LogP contribution in [0, 0.1) is 0 Å². The van der Waals surface area contributed by atoms with Crippen molar-refractivity contribution in [2.45, 2.75) is 25.2 Å². The first-order chi connectivity index (χ1) is 11.7. The van der Waals surface area contributed by atoms with Gasteiger partial charge in [-0.15, -0.1) is 0 Å². The fourth-order valence-corrected chi connectivity index (χ4v) is 3.38. The Labute approximate surface area is 137 Å². The second-order valence-corrected chi connectivity index (χ2v) is 6.27. The molecule has 1 N–H and O–H groups in total. The van der Waals surface area contributed by atoms with Gasteiger partial charge in [0, 0.05) is 12.1 Å². The van der Waals surface area contributed by atoms with Crippen LogP contribution >= 0.6 is 0 Å². The van der Waals surface area contributed by atoms with Gasteiger partial charge < -0.3 is 4.98 Å². The highest BCUT2D eigenvalue weighted by Gasteiger charge is 2.37. The van der Waals surface area contributed by atoms with Crippen molar-refractivity contribution in [3.05, 3.63) is 53.5 Å². The van der Waals surface area contributed by atoms with Gasteiger partial charge in [0.2, 0.25) is 0 Å². The van der Waals surface area contributed by atoms with Crippen LogP contribution in [0.2, 0.25) is 0 Å². The molecule has 118 valence electrons. The molecule has 0 bridgehead atoms. The smallest absolute Gasteiger partial charge is 0.266 e. The number of imide groups is 1. The van der Waals surface area contributed by atoms with E-state index in [4.69, 9.17) is 0 Å². The van der Waals surface area contributed by atoms with Gasteiger partial charge in [-0.05, 0) is 31.0 Å². The Balaban J connectivity index is 1.66. The van der Waals surface area contributed by atoms with E-state index in [0.717, 1.165) is 18.7 Å². The number of carbonyl (C=O) groups excluding carboxylic acids is 2. The Hall–Kier alpha value is -3.02. The fourth-order valence-electron chi connectivity index (χ4n) is 3.38. The monoisotopic (exact) mass is 318 g/mol. The normalized spacial score (nSPS) is 17.4. The molecule has 6 nitrogen and oxygen atoms in total. The van der Waals surface area contributed by atoms with Crippen LogP contribution in [0.15, 0.2) is 36.5 Å². The van der Waals surface area contributed by atoms with E-state index in [1.807, 2.05) is 0 Å². The summed E-state index contributed by atoms with van der Waals surface area (Å²) in [7, 11) is 0. The molecular formula is C18H14N4O2. The summed E-state index contributed by atoms with van der Waals surface area (Å²) in [6.07, 6.45) is 5.04. The van der Waals surface area contributed by atoms with Crippen molar-refractivity contribution < 1.29 is 9.59 Å². The number of fused-ring (bicyclic) bond motifs is 2. The lowest BCUT2D eigenvalue weighted by molar-refractivity contribution is 0.0926. The summed E-state index contributed by atoms with van der Waals surface area (Å²) >= 11 is 0. The number of imidazole rings is 1. The number of aromatic amines is 1. The largest absolute Gasteiger partial charge is 0.326 e. The Bertz CT molecular complexity index is 968. The molecule has 1 aliphatic heterocycles. The Morgan fingerprint density at radius 1 is 1.04 bits per heavy atom. The topological polar surface area (TPSA) is 79.0 Å². The van der Waals surface area contributed by atoms with Crippen LogP contribution in [0.4, 0.5) is 5.69 Å². The summed E-state index contributed by atoms with van der Waals surface area (Å²) < 4.78 is 0. The maximum absolute atomic E-state index is 12.7. The average Bonchev–Trinajstić information content (AvgIpc) is 3.06. The molecule has 24 heavy (non-hydrogen) atoms. The molecule has 0 spiro atoms. The van der Waals surface area contributed by atoms with Crippen LogP contribution in [0.5, 0.6) is 0 Å². The molecule has 1 fully saturated rings. The van der Waals surface area contributed by atoms with E-state index < -0.39 is 0 Å². The third kappa shape index (κ3) is 1.71. The maximum Gasteiger partial charge on any atom is 0.266 e. The van der Waals surface area contributed by atoms with Crippen LogP contribution in [-0.2, 0) is 0 Å². The number of hydrogen-bond donors (Lipinski definition) is 1. The van der Waals surface area contributed by atoms with Gasteiger partial charge >= 0.3 is 0 Å². The second-order valence-electron chi connectivity index (χ2n) is 6.27. The summed E-state index contributed by atoms with van der Waals surface area (Å²) in [5, 5.41) is 0. The van der Waals surface area contributed by atoms with Gasteiger partial charge in [-0.1, -0.05) is 18.6 Å². The number of H-pyrrole nitrogens is 1. The van der Waals surface area contributed by atoms with Gasteiger partial charge in [-0.3, -0.25) is 9.59 Å². The van der Waals surface area contributed by atoms with E-state index in [0.29, 0.717) is 33.9 Å². The maximum atomic E-state index is 12.7. The molecule has 0 unspecified atom stereocenters. The van der Waals surface area contributed by atoms with E-state index in [-0.39, 0.29) is 11.8 Å². The van der Waals surface area contributed by atoms with Crippen LogP contribution in [0.3, 0.4) is 0 Å². The molecule has 2 amide bonds. The molecule has 2 aliphatic rings. The number of carbonyl (C=O) groups is 2. The SMILES string of the molecule is O=C1c2ccccc2C(=O)N1c1ccnc2[nH]c(C3CCC3)nc12. The van der Waals surface area contributed by atoms with Crippen molar-refractivity contribution in [1.29, 1.82) is 0 Å². The first kappa shape index (κ1) is 13.4. The third-order valence-corrected chi connectivity index (χ3v) is 4.91. The number of anilines is 1. The quantitative estimate of drug-likeness (QED) is 0.737. The number of aromatic nitrogens is 3. The van der Waals surface area contributed by atoms with Crippen molar-refractivity contribution in [2.75, 3.05) is 4.90 Å². The van der Waals surface area contributed by atoms with E-state index in [2.05, 4.69) is 15.0 Å². The summed E-state index contributed by atoms with van der Waals surface area (Å²) in [5.74, 6) is 0.703.